The lowest BCUT2D eigenvalue weighted by atomic mass is 10.00. The van der Waals surface area contributed by atoms with E-state index >= 15 is 0 Å². The second-order valence-corrected chi connectivity index (χ2v) is 8.63. The number of alkyl halides is 3. The third-order valence-electron chi connectivity index (χ3n) is 5.79. The molecule has 2 heterocycles. The number of halogens is 6. The molecule has 180 valence electrons. The lowest BCUT2D eigenvalue weighted by molar-refractivity contribution is -0.137. The fourth-order valence-electron chi connectivity index (χ4n) is 3.88. The predicted octanol–water partition coefficient (Wildman–Crippen LogP) is 5.93. The van der Waals surface area contributed by atoms with Gasteiger partial charge in [-0.05, 0) is 49.3 Å². The quantitative estimate of drug-likeness (QED) is 0.489. The molecule has 2 aromatic rings. The summed E-state index contributed by atoms with van der Waals surface area (Å²) < 4.78 is 58.7. The first-order valence-electron chi connectivity index (χ1n) is 10.3. The fraction of sp³-hybridized carbons (Fsp3) is 0.455. The molecule has 1 aromatic carbocycles. The summed E-state index contributed by atoms with van der Waals surface area (Å²) in [6.07, 6.45) is -1.08. The summed E-state index contributed by atoms with van der Waals surface area (Å²) in [5.41, 5.74) is -0.0230. The van der Waals surface area contributed by atoms with Gasteiger partial charge in [0.1, 0.15) is 16.9 Å². The summed E-state index contributed by atoms with van der Waals surface area (Å²) in [5, 5.41) is 9.13. The highest BCUT2D eigenvalue weighted by atomic mass is 35.5. The number of aromatic nitrogens is 1. The van der Waals surface area contributed by atoms with Gasteiger partial charge in [-0.1, -0.05) is 17.7 Å². The van der Waals surface area contributed by atoms with Gasteiger partial charge in [-0.3, -0.25) is 4.90 Å². The van der Waals surface area contributed by atoms with Crippen molar-refractivity contribution in [1.29, 1.82) is 0 Å². The number of hydrogen-bond acceptors (Lipinski definition) is 4. The van der Waals surface area contributed by atoms with Crippen molar-refractivity contribution in [3.63, 3.8) is 0 Å². The van der Waals surface area contributed by atoms with E-state index in [1.54, 1.807) is 6.07 Å². The monoisotopic (exact) mass is 508 g/mol. The van der Waals surface area contributed by atoms with Crippen LogP contribution in [-0.2, 0) is 12.7 Å². The zero-order valence-corrected chi connectivity index (χ0v) is 18.9. The molecule has 1 saturated carbocycles. The molecule has 11 heteroatoms. The third-order valence-corrected chi connectivity index (χ3v) is 6.06. The van der Waals surface area contributed by atoms with Crippen molar-refractivity contribution in [1.82, 2.24) is 9.88 Å². The van der Waals surface area contributed by atoms with Crippen molar-refractivity contribution in [2.75, 3.05) is 13.1 Å². The Kier molecular flexibility index (Phi) is 7.76. The minimum atomic E-state index is -4.53. The van der Waals surface area contributed by atoms with Crippen molar-refractivity contribution < 1.29 is 32.2 Å². The standard InChI is InChI=1S/C22H21ClF4N2O3.ClH/c23-18-9-15(22(25,26)27)10-28-20(18)32-16-3-5-29(6-4-16)11-14-7-13(12-1-2-12)8-17(19(14)24)21(30)31;/h7-10,12,16H,1-6,11H2,(H,30,31);1H. The number of aromatic carboxylic acids is 1. The molecule has 1 aliphatic carbocycles. The number of ether oxygens (including phenoxy) is 1. The normalized spacial score (nSPS) is 17.5. The third kappa shape index (κ3) is 6.07. The van der Waals surface area contributed by atoms with Gasteiger partial charge in [0.15, 0.2) is 0 Å². The Labute approximate surface area is 199 Å². The summed E-state index contributed by atoms with van der Waals surface area (Å²) in [6.45, 7) is 1.38. The van der Waals surface area contributed by atoms with Crippen LogP contribution in [0.3, 0.4) is 0 Å². The molecule has 2 aliphatic rings. The molecular weight excluding hydrogens is 487 g/mol. The number of pyridine rings is 1. The number of benzene rings is 1. The molecule has 2 fully saturated rings. The number of piperidine rings is 1. The topological polar surface area (TPSA) is 62.7 Å². The van der Waals surface area contributed by atoms with E-state index in [-0.39, 0.29) is 41.5 Å². The highest BCUT2D eigenvalue weighted by Crippen LogP contribution is 2.41. The van der Waals surface area contributed by atoms with Crippen LogP contribution in [0, 0.1) is 5.82 Å². The smallest absolute Gasteiger partial charge is 0.417 e. The first kappa shape index (κ1) is 25.5. The zero-order valence-electron chi connectivity index (χ0n) is 17.4. The van der Waals surface area contributed by atoms with Crippen LogP contribution in [0.2, 0.25) is 5.02 Å². The average Bonchev–Trinajstić information content (AvgIpc) is 3.57. The Hall–Kier alpha value is -2.10. The number of nitrogens with zero attached hydrogens (tertiary/aromatic N) is 2. The van der Waals surface area contributed by atoms with Gasteiger partial charge in [-0.25, -0.2) is 14.2 Å². The molecule has 0 radical (unpaired) electrons. The number of rotatable bonds is 6. The molecule has 0 amide bonds. The number of carbonyl (C=O) groups is 1. The number of hydrogen-bond donors (Lipinski definition) is 1. The van der Waals surface area contributed by atoms with Crippen molar-refractivity contribution in [3.8, 4) is 5.88 Å². The first-order chi connectivity index (χ1) is 15.1. The van der Waals surface area contributed by atoms with E-state index in [4.69, 9.17) is 16.3 Å². The van der Waals surface area contributed by atoms with Gasteiger partial charge in [0.05, 0.1) is 11.1 Å². The van der Waals surface area contributed by atoms with Gasteiger partial charge in [0.25, 0.3) is 0 Å². The van der Waals surface area contributed by atoms with E-state index in [9.17, 15) is 27.5 Å². The molecule has 5 nitrogen and oxygen atoms in total. The summed E-state index contributed by atoms with van der Waals surface area (Å²) >= 11 is 5.91. The second-order valence-electron chi connectivity index (χ2n) is 8.22. The van der Waals surface area contributed by atoms with Crippen LogP contribution in [0.25, 0.3) is 0 Å². The van der Waals surface area contributed by atoms with Crippen molar-refractivity contribution in [2.24, 2.45) is 0 Å². The number of likely N-dealkylation sites (tertiary alicyclic amines) is 1. The molecule has 0 atom stereocenters. The van der Waals surface area contributed by atoms with Gasteiger partial charge in [0, 0.05) is 31.4 Å². The van der Waals surface area contributed by atoms with Gasteiger partial charge in [-0.15, -0.1) is 12.4 Å². The maximum absolute atomic E-state index is 14.7. The average molecular weight is 509 g/mol. The Morgan fingerprint density at radius 1 is 1.18 bits per heavy atom. The molecule has 0 bridgehead atoms. The van der Waals surface area contributed by atoms with Gasteiger partial charge in [0.2, 0.25) is 5.88 Å². The minimum absolute atomic E-state index is 0. The highest BCUT2D eigenvalue weighted by molar-refractivity contribution is 6.31. The van der Waals surface area contributed by atoms with E-state index < -0.39 is 23.5 Å². The fourth-order valence-corrected chi connectivity index (χ4v) is 4.09. The predicted molar refractivity (Wildman–Crippen MR) is 116 cm³/mol. The van der Waals surface area contributed by atoms with Crippen molar-refractivity contribution in [3.05, 3.63) is 57.5 Å². The largest absolute Gasteiger partial charge is 0.478 e. The first-order valence-corrected chi connectivity index (χ1v) is 10.7. The number of carboxylic acids is 1. The van der Waals surface area contributed by atoms with Crippen molar-refractivity contribution in [2.45, 2.75) is 50.4 Å². The lowest BCUT2D eigenvalue weighted by Crippen LogP contribution is -2.38. The second kappa shape index (κ2) is 10.0. The van der Waals surface area contributed by atoms with E-state index in [0.29, 0.717) is 43.6 Å². The van der Waals surface area contributed by atoms with Gasteiger partial charge in [-0.2, -0.15) is 13.2 Å². The summed E-state index contributed by atoms with van der Waals surface area (Å²) in [6, 6.07) is 3.97. The summed E-state index contributed by atoms with van der Waals surface area (Å²) in [5.74, 6) is -1.74. The van der Waals surface area contributed by atoms with Crippen LogP contribution >= 0.6 is 24.0 Å². The van der Waals surface area contributed by atoms with Crippen molar-refractivity contribution >= 4 is 30.0 Å². The van der Waals surface area contributed by atoms with Crippen LogP contribution in [0.15, 0.2) is 24.4 Å². The van der Waals surface area contributed by atoms with Crippen LogP contribution in [0.5, 0.6) is 5.88 Å². The van der Waals surface area contributed by atoms with Crippen LogP contribution in [0.1, 0.15) is 58.6 Å². The molecule has 1 aliphatic heterocycles. The maximum Gasteiger partial charge on any atom is 0.417 e. The number of carboxylic acid groups (broad SMARTS) is 1. The Bertz CT molecular complexity index is 1020. The Morgan fingerprint density at radius 3 is 2.39 bits per heavy atom. The van der Waals surface area contributed by atoms with Gasteiger partial charge < -0.3 is 9.84 Å². The Balaban J connectivity index is 0.00000306. The van der Waals surface area contributed by atoms with Gasteiger partial charge >= 0.3 is 12.1 Å². The lowest BCUT2D eigenvalue weighted by Gasteiger charge is -2.32. The zero-order chi connectivity index (χ0) is 23.0. The van der Waals surface area contributed by atoms with E-state index in [1.807, 2.05) is 4.90 Å². The summed E-state index contributed by atoms with van der Waals surface area (Å²) in [4.78, 5) is 17.1. The van der Waals surface area contributed by atoms with E-state index in [0.717, 1.165) is 24.5 Å². The molecule has 1 N–H and O–H groups in total. The van der Waals surface area contributed by atoms with Crippen LogP contribution < -0.4 is 4.74 Å². The van der Waals surface area contributed by atoms with E-state index in [2.05, 4.69) is 4.98 Å². The molecule has 0 spiro atoms. The Morgan fingerprint density at radius 2 is 1.85 bits per heavy atom. The van der Waals surface area contributed by atoms with E-state index in [1.165, 1.54) is 6.07 Å². The highest BCUT2D eigenvalue weighted by Gasteiger charge is 2.32. The molecular formula is C22H22Cl2F4N2O3. The summed E-state index contributed by atoms with van der Waals surface area (Å²) in [7, 11) is 0. The molecule has 4 rings (SSSR count). The van der Waals surface area contributed by atoms with Crippen LogP contribution in [0.4, 0.5) is 17.6 Å². The van der Waals surface area contributed by atoms with Crippen LogP contribution in [-0.4, -0.2) is 40.2 Å². The molecule has 33 heavy (non-hydrogen) atoms. The minimum Gasteiger partial charge on any atom is -0.478 e. The molecule has 0 unspecified atom stereocenters. The maximum atomic E-state index is 14.7. The molecule has 1 saturated heterocycles. The molecule has 1 aromatic heterocycles. The SMILES string of the molecule is Cl.O=C(O)c1cc(C2CC2)cc(CN2CCC(Oc3ncc(C(F)(F)F)cc3Cl)CC2)c1F.